The molecule has 2 aromatic heterocycles. The summed E-state index contributed by atoms with van der Waals surface area (Å²) in [5.74, 6) is -0.779. The summed E-state index contributed by atoms with van der Waals surface area (Å²) >= 11 is 6.71. The van der Waals surface area contributed by atoms with Gasteiger partial charge in [0.2, 0.25) is 0 Å². The van der Waals surface area contributed by atoms with Crippen LogP contribution in [0.5, 0.6) is 0 Å². The molecule has 0 saturated carbocycles. The Morgan fingerprint density at radius 3 is 2.27 bits per heavy atom. The molecule has 37 heavy (non-hydrogen) atoms. The van der Waals surface area contributed by atoms with Crippen LogP contribution in [0.25, 0.3) is 33.0 Å². The SMILES string of the molecule is Cc1cccc2c1c1cn2CCC(CN(C)C)OCCn2cc(c3c(Cl)cccc32)C2=C1C(=O)NC2=O. The fourth-order valence-corrected chi connectivity index (χ4v) is 6.07. The molecule has 190 valence electrons. The molecule has 6 rings (SSSR count). The maximum Gasteiger partial charge on any atom is 0.259 e. The van der Waals surface area contributed by atoms with Crippen molar-refractivity contribution in [3.63, 3.8) is 0 Å². The highest BCUT2D eigenvalue weighted by atomic mass is 35.5. The Bertz CT molecular complexity index is 1610. The van der Waals surface area contributed by atoms with E-state index in [-0.39, 0.29) is 12.0 Å². The minimum absolute atomic E-state index is 0.0414. The lowest BCUT2D eigenvalue weighted by Gasteiger charge is -2.22. The number of rotatable bonds is 2. The molecule has 1 unspecified atom stereocenters. The molecule has 7 nitrogen and oxygen atoms in total. The maximum absolute atomic E-state index is 13.4. The van der Waals surface area contributed by atoms with Crippen molar-refractivity contribution in [2.45, 2.75) is 32.5 Å². The molecule has 8 heteroatoms. The first kappa shape index (κ1) is 24.0. The molecule has 2 aliphatic heterocycles. The Labute approximate surface area is 220 Å². The van der Waals surface area contributed by atoms with E-state index in [1.54, 1.807) is 0 Å². The van der Waals surface area contributed by atoms with E-state index in [2.05, 4.69) is 39.5 Å². The predicted molar refractivity (Wildman–Crippen MR) is 146 cm³/mol. The van der Waals surface area contributed by atoms with Crippen molar-refractivity contribution >= 4 is 56.4 Å². The van der Waals surface area contributed by atoms with Crippen molar-refractivity contribution in [2.24, 2.45) is 0 Å². The molecule has 2 amide bonds. The first-order chi connectivity index (χ1) is 17.8. The van der Waals surface area contributed by atoms with Gasteiger partial charge >= 0.3 is 0 Å². The summed E-state index contributed by atoms with van der Waals surface area (Å²) in [7, 11) is 4.11. The standard InChI is InChI=1S/C29H29ClN4O3/c1-17-6-4-8-22-24(17)19-15-33(22)11-10-18(14-32(2)3)37-13-12-34-16-20(25-21(30)7-5-9-23(25)34)27-26(19)28(35)31-29(27)36/h4-9,15-16,18H,10-14H2,1-3H3,(H,31,35,36). The van der Waals surface area contributed by atoms with Gasteiger partial charge in [-0.1, -0.05) is 29.8 Å². The fourth-order valence-electron chi connectivity index (χ4n) is 5.79. The second kappa shape index (κ2) is 9.17. The fraction of sp³-hybridized carbons (Fsp3) is 0.310. The smallest absolute Gasteiger partial charge is 0.259 e. The molecular formula is C29H29ClN4O3. The van der Waals surface area contributed by atoms with Crippen molar-refractivity contribution in [3.8, 4) is 0 Å². The van der Waals surface area contributed by atoms with Crippen LogP contribution in [0.1, 0.15) is 23.1 Å². The molecule has 2 aliphatic rings. The highest BCUT2D eigenvalue weighted by Gasteiger charge is 2.36. The molecule has 4 heterocycles. The van der Waals surface area contributed by atoms with Gasteiger partial charge in [0.15, 0.2) is 0 Å². The lowest BCUT2D eigenvalue weighted by Crippen LogP contribution is -2.30. The number of nitrogens with zero attached hydrogens (tertiary/aromatic N) is 3. The highest BCUT2D eigenvalue weighted by molar-refractivity contribution is 6.51. The average Bonchev–Trinajstić information content (AvgIpc) is 3.48. The topological polar surface area (TPSA) is 68.5 Å². The number of carbonyl (C=O) groups excluding carboxylic acids is 2. The zero-order valence-electron chi connectivity index (χ0n) is 21.2. The molecule has 4 bridgehead atoms. The molecule has 1 atom stereocenters. The van der Waals surface area contributed by atoms with Crippen molar-refractivity contribution in [2.75, 3.05) is 27.2 Å². The summed E-state index contributed by atoms with van der Waals surface area (Å²) in [5.41, 5.74) is 5.19. The zero-order valence-corrected chi connectivity index (χ0v) is 21.9. The molecule has 0 spiro atoms. The largest absolute Gasteiger partial charge is 0.375 e. The van der Waals surface area contributed by atoms with Gasteiger partial charge in [-0.15, -0.1) is 0 Å². The molecule has 0 aliphatic carbocycles. The third kappa shape index (κ3) is 3.98. The molecule has 0 saturated heterocycles. The van der Waals surface area contributed by atoms with Crippen LogP contribution in [0.3, 0.4) is 0 Å². The van der Waals surface area contributed by atoms with Crippen LogP contribution in [0.2, 0.25) is 5.02 Å². The van der Waals surface area contributed by atoms with E-state index in [0.717, 1.165) is 52.4 Å². The number of nitrogens with one attached hydrogen (secondary N) is 1. The number of carbonyl (C=O) groups is 2. The van der Waals surface area contributed by atoms with Crippen LogP contribution in [0, 0.1) is 6.92 Å². The number of fused-ring (bicyclic) bond motifs is 12. The van der Waals surface area contributed by atoms with Crippen LogP contribution in [0.15, 0.2) is 48.8 Å². The summed E-state index contributed by atoms with van der Waals surface area (Å²) in [4.78, 5) is 28.8. The highest BCUT2D eigenvalue weighted by Crippen LogP contribution is 2.41. The number of amides is 2. The third-order valence-corrected chi connectivity index (χ3v) is 7.70. The Morgan fingerprint density at radius 2 is 1.57 bits per heavy atom. The van der Waals surface area contributed by atoms with Crippen LogP contribution in [-0.2, 0) is 27.4 Å². The number of aromatic nitrogens is 2. The monoisotopic (exact) mass is 516 g/mol. The van der Waals surface area contributed by atoms with Crippen LogP contribution in [-0.4, -0.2) is 59.2 Å². The zero-order chi connectivity index (χ0) is 25.8. The van der Waals surface area contributed by atoms with Crippen LogP contribution < -0.4 is 5.32 Å². The normalized spacial score (nSPS) is 18.6. The van der Waals surface area contributed by atoms with Crippen LogP contribution in [0.4, 0.5) is 0 Å². The van der Waals surface area contributed by atoms with E-state index < -0.39 is 5.91 Å². The summed E-state index contributed by atoms with van der Waals surface area (Å²) in [6, 6.07) is 11.9. The number of imide groups is 1. The number of benzene rings is 2. The summed E-state index contributed by atoms with van der Waals surface area (Å²) in [6.45, 7) is 4.70. The lowest BCUT2D eigenvalue weighted by molar-refractivity contribution is -0.122. The minimum Gasteiger partial charge on any atom is -0.375 e. The number of likely N-dealkylation sites (N-methyl/N-ethyl adjacent to an activating group) is 1. The van der Waals surface area contributed by atoms with Gasteiger partial charge in [-0.05, 0) is 51.2 Å². The van der Waals surface area contributed by atoms with Crippen molar-refractivity contribution in [1.29, 1.82) is 0 Å². The van der Waals surface area contributed by atoms with E-state index in [4.69, 9.17) is 16.3 Å². The number of ether oxygens (including phenoxy) is 1. The van der Waals surface area contributed by atoms with Crippen molar-refractivity contribution in [3.05, 3.63) is 70.5 Å². The van der Waals surface area contributed by atoms with E-state index in [1.807, 2.05) is 49.6 Å². The van der Waals surface area contributed by atoms with Gasteiger partial charge in [-0.3, -0.25) is 14.9 Å². The van der Waals surface area contributed by atoms with E-state index in [9.17, 15) is 9.59 Å². The third-order valence-electron chi connectivity index (χ3n) is 7.39. The van der Waals surface area contributed by atoms with E-state index in [1.165, 1.54) is 0 Å². The lowest BCUT2D eigenvalue weighted by atomic mass is 9.94. The maximum atomic E-state index is 13.4. The Kier molecular flexibility index (Phi) is 5.94. The summed E-state index contributed by atoms with van der Waals surface area (Å²) in [6.07, 6.45) is 4.81. The Balaban J connectivity index is 1.67. The number of halogens is 1. The van der Waals surface area contributed by atoms with E-state index >= 15 is 0 Å². The van der Waals surface area contributed by atoms with Gasteiger partial charge in [0.1, 0.15) is 0 Å². The number of aryl methyl sites for hydroxylation is 2. The van der Waals surface area contributed by atoms with Gasteiger partial charge in [-0.2, -0.15) is 0 Å². The van der Waals surface area contributed by atoms with Gasteiger partial charge in [-0.25, -0.2) is 0 Å². The van der Waals surface area contributed by atoms with Crippen molar-refractivity contribution in [1.82, 2.24) is 19.4 Å². The van der Waals surface area contributed by atoms with Gasteiger partial charge in [0, 0.05) is 59.4 Å². The summed E-state index contributed by atoms with van der Waals surface area (Å²) < 4.78 is 10.7. The predicted octanol–water partition coefficient (Wildman–Crippen LogP) is 4.48. The number of hydrogen-bond donors (Lipinski definition) is 1. The van der Waals surface area contributed by atoms with Gasteiger partial charge < -0.3 is 18.8 Å². The Hall–Kier alpha value is -3.39. The molecule has 2 aromatic carbocycles. The molecule has 0 radical (unpaired) electrons. The molecular weight excluding hydrogens is 488 g/mol. The molecule has 0 fully saturated rings. The van der Waals surface area contributed by atoms with Crippen LogP contribution >= 0.6 is 11.6 Å². The molecule has 4 aromatic rings. The quantitative estimate of drug-likeness (QED) is 0.399. The minimum atomic E-state index is -0.400. The van der Waals surface area contributed by atoms with Gasteiger partial charge in [0.25, 0.3) is 11.8 Å². The Morgan fingerprint density at radius 1 is 0.946 bits per heavy atom. The summed E-state index contributed by atoms with van der Waals surface area (Å²) in [5, 5.41) is 4.85. The average molecular weight is 517 g/mol. The van der Waals surface area contributed by atoms with Gasteiger partial charge in [0.05, 0.1) is 34.4 Å². The second-order valence-electron chi connectivity index (χ2n) is 10.2. The van der Waals surface area contributed by atoms with Crippen molar-refractivity contribution < 1.29 is 14.3 Å². The second-order valence-corrected chi connectivity index (χ2v) is 10.6. The number of hydrogen-bond acceptors (Lipinski definition) is 4. The first-order valence-corrected chi connectivity index (χ1v) is 12.9. The molecule has 1 N–H and O–H groups in total. The first-order valence-electron chi connectivity index (χ1n) is 12.6. The van der Waals surface area contributed by atoms with E-state index in [0.29, 0.717) is 34.9 Å².